The van der Waals surface area contributed by atoms with Gasteiger partial charge in [0.05, 0.1) is 0 Å². The fraction of sp³-hybridized carbons (Fsp3) is 0.412. The van der Waals surface area contributed by atoms with Crippen LogP contribution < -0.4 is 10.4 Å². The Morgan fingerprint density at radius 2 is 1.71 bits per heavy atom. The van der Waals surface area contributed by atoms with Crippen LogP contribution in [0.4, 0.5) is 0 Å². The Morgan fingerprint density at radius 3 is 2.59 bits per heavy atom. The minimum absolute atomic E-state index is 0.185. The normalized spacial score (nSPS) is 21.8. The van der Waals surface area contributed by atoms with Crippen molar-refractivity contribution in [2.24, 2.45) is 5.41 Å². The van der Waals surface area contributed by atoms with Crippen molar-refractivity contribution in [2.75, 3.05) is 0 Å². The van der Waals surface area contributed by atoms with Gasteiger partial charge in [-0.1, -0.05) is 50.3 Å². The topological polar surface area (TPSA) is 0 Å². The van der Waals surface area contributed by atoms with E-state index in [0.717, 1.165) is 0 Å². The van der Waals surface area contributed by atoms with E-state index in [-0.39, 0.29) is 5.41 Å². The molecule has 3 rings (SSSR count). The van der Waals surface area contributed by atoms with Gasteiger partial charge in [0.1, 0.15) is 0 Å². The number of benzene rings is 1. The molecular formula is C17H20. The van der Waals surface area contributed by atoms with E-state index >= 15 is 0 Å². The summed E-state index contributed by atoms with van der Waals surface area (Å²) in [6, 6.07) is 8.88. The molecule has 0 radical (unpaired) electrons. The van der Waals surface area contributed by atoms with Crippen LogP contribution in [0.3, 0.4) is 0 Å². The van der Waals surface area contributed by atoms with Crippen LogP contribution in [0, 0.1) is 5.41 Å². The summed E-state index contributed by atoms with van der Waals surface area (Å²) in [5, 5.41) is 2.89. The first-order valence-electron chi connectivity index (χ1n) is 6.69. The van der Waals surface area contributed by atoms with E-state index in [4.69, 9.17) is 0 Å². The summed E-state index contributed by atoms with van der Waals surface area (Å²) >= 11 is 0. The Labute approximate surface area is 103 Å². The quantitative estimate of drug-likeness (QED) is 0.635. The van der Waals surface area contributed by atoms with Crippen molar-refractivity contribution in [3.8, 4) is 0 Å². The van der Waals surface area contributed by atoms with Gasteiger partial charge in [-0.25, -0.2) is 0 Å². The summed E-state index contributed by atoms with van der Waals surface area (Å²) in [7, 11) is 0. The number of fused-ring (bicyclic) bond motifs is 2. The molecule has 0 heterocycles. The maximum atomic E-state index is 2.49. The van der Waals surface area contributed by atoms with E-state index in [1.807, 2.05) is 0 Å². The molecule has 1 saturated carbocycles. The molecule has 1 aromatic rings. The third kappa shape index (κ3) is 1.97. The Bertz CT molecular complexity index is 585. The lowest BCUT2D eigenvalue weighted by Crippen LogP contribution is -2.28. The van der Waals surface area contributed by atoms with E-state index in [9.17, 15) is 0 Å². The van der Waals surface area contributed by atoms with Gasteiger partial charge >= 0.3 is 0 Å². The molecule has 1 fully saturated rings. The molecule has 0 bridgehead atoms. The van der Waals surface area contributed by atoms with Gasteiger partial charge in [-0.05, 0) is 47.3 Å². The van der Waals surface area contributed by atoms with Crippen molar-refractivity contribution in [3.63, 3.8) is 0 Å². The van der Waals surface area contributed by atoms with Crippen molar-refractivity contribution in [2.45, 2.75) is 39.5 Å². The lowest BCUT2D eigenvalue weighted by atomic mass is 9.84. The van der Waals surface area contributed by atoms with Crippen LogP contribution in [0.2, 0.25) is 0 Å². The van der Waals surface area contributed by atoms with E-state index in [1.165, 1.54) is 36.1 Å². The molecule has 0 unspecified atom stereocenters. The molecule has 0 saturated heterocycles. The van der Waals surface area contributed by atoms with Crippen LogP contribution in [0.1, 0.15) is 39.5 Å². The van der Waals surface area contributed by atoms with Crippen LogP contribution in [0.25, 0.3) is 11.6 Å². The zero-order valence-corrected chi connectivity index (χ0v) is 10.8. The molecule has 0 heteroatoms. The minimum atomic E-state index is 0.185. The van der Waals surface area contributed by atoms with Crippen molar-refractivity contribution >= 4 is 11.6 Å². The van der Waals surface area contributed by atoms with Gasteiger partial charge in [0.15, 0.2) is 0 Å². The van der Waals surface area contributed by atoms with Crippen LogP contribution in [0.5, 0.6) is 0 Å². The van der Waals surface area contributed by atoms with Crippen molar-refractivity contribution in [1.29, 1.82) is 0 Å². The minimum Gasteiger partial charge on any atom is -0.0716 e. The zero-order valence-electron chi connectivity index (χ0n) is 10.8. The monoisotopic (exact) mass is 224 g/mol. The molecule has 1 aromatic carbocycles. The average molecular weight is 224 g/mol. The highest BCUT2D eigenvalue weighted by Gasteiger charge is 2.20. The van der Waals surface area contributed by atoms with E-state index in [2.05, 4.69) is 50.3 Å². The van der Waals surface area contributed by atoms with Crippen molar-refractivity contribution in [1.82, 2.24) is 0 Å². The zero-order chi connectivity index (χ0) is 11.9. The fourth-order valence-corrected chi connectivity index (χ4v) is 3.18. The highest BCUT2D eigenvalue weighted by atomic mass is 14.2. The molecule has 2 aliphatic carbocycles. The molecule has 0 amide bonds. The number of hydrogen-bond donors (Lipinski definition) is 0. The average Bonchev–Trinajstić information content (AvgIpc) is 2.40. The third-order valence-electron chi connectivity index (χ3n) is 3.87. The summed E-state index contributed by atoms with van der Waals surface area (Å²) in [6.45, 7) is 4.63. The van der Waals surface area contributed by atoms with Gasteiger partial charge in [0.2, 0.25) is 0 Å². The smallest absolute Gasteiger partial charge is 0.00195 e. The second-order valence-electron chi connectivity index (χ2n) is 5.91. The second-order valence-corrected chi connectivity index (χ2v) is 5.91. The standard InChI is InChI=1S/C17H20/c1-17(2)11-13-7-3-5-9-15(13)16-10-6-4-8-14(16)12-17/h3,5,7,9,11-12H,4,6,8,10H2,1-2H3. The number of hydrogen-bond acceptors (Lipinski definition) is 0. The van der Waals surface area contributed by atoms with Crippen LogP contribution in [0.15, 0.2) is 35.9 Å². The summed E-state index contributed by atoms with van der Waals surface area (Å²) in [4.78, 5) is 0. The van der Waals surface area contributed by atoms with Crippen molar-refractivity contribution < 1.29 is 0 Å². The maximum absolute atomic E-state index is 2.49. The summed E-state index contributed by atoms with van der Waals surface area (Å²) in [6.07, 6.45) is 10.1. The van der Waals surface area contributed by atoms with E-state index in [0.29, 0.717) is 0 Å². The molecule has 88 valence electrons. The van der Waals surface area contributed by atoms with Crippen LogP contribution in [-0.2, 0) is 0 Å². The van der Waals surface area contributed by atoms with E-state index < -0.39 is 0 Å². The first kappa shape index (κ1) is 10.8. The molecule has 17 heavy (non-hydrogen) atoms. The lowest BCUT2D eigenvalue weighted by Gasteiger charge is -2.21. The molecule has 2 aliphatic rings. The van der Waals surface area contributed by atoms with E-state index in [1.54, 1.807) is 11.1 Å². The first-order valence-corrected chi connectivity index (χ1v) is 6.69. The molecule has 0 spiro atoms. The number of allylic oxidation sites excluding steroid dienone is 2. The molecule has 0 N–H and O–H groups in total. The largest absolute Gasteiger partial charge is 0.0716 e. The van der Waals surface area contributed by atoms with Crippen LogP contribution >= 0.6 is 0 Å². The van der Waals surface area contributed by atoms with Gasteiger partial charge < -0.3 is 0 Å². The fourth-order valence-electron chi connectivity index (χ4n) is 3.18. The summed E-state index contributed by atoms with van der Waals surface area (Å²) < 4.78 is 0. The predicted molar refractivity (Wildman–Crippen MR) is 73.9 cm³/mol. The highest BCUT2D eigenvalue weighted by Crippen LogP contribution is 2.34. The van der Waals surface area contributed by atoms with Crippen LogP contribution in [-0.4, -0.2) is 0 Å². The molecule has 0 atom stereocenters. The second kappa shape index (κ2) is 3.87. The molecule has 0 aliphatic heterocycles. The first-order chi connectivity index (χ1) is 8.16. The lowest BCUT2D eigenvalue weighted by molar-refractivity contribution is 0.648. The van der Waals surface area contributed by atoms with Gasteiger partial charge in [-0.2, -0.15) is 0 Å². The maximum Gasteiger partial charge on any atom is 0.00195 e. The van der Waals surface area contributed by atoms with Crippen molar-refractivity contribution in [3.05, 3.63) is 46.4 Å². The predicted octanol–water partition coefficient (Wildman–Crippen LogP) is 3.16. The Kier molecular flexibility index (Phi) is 2.47. The number of rotatable bonds is 0. The molecular weight excluding hydrogens is 204 g/mol. The molecule has 0 nitrogen and oxygen atoms in total. The SMILES string of the molecule is CC1(C)C=C2CCCCC2=c2ccccc2=C1. The highest BCUT2D eigenvalue weighted by molar-refractivity contribution is 5.68. The van der Waals surface area contributed by atoms with Gasteiger partial charge in [-0.15, -0.1) is 0 Å². The Hall–Kier alpha value is -1.30. The molecule has 0 aromatic heterocycles. The summed E-state index contributed by atoms with van der Waals surface area (Å²) in [5.41, 5.74) is 3.39. The summed E-state index contributed by atoms with van der Waals surface area (Å²) in [5.74, 6) is 0. The third-order valence-corrected chi connectivity index (χ3v) is 3.87. The van der Waals surface area contributed by atoms with Gasteiger partial charge in [-0.3, -0.25) is 0 Å². The van der Waals surface area contributed by atoms with Gasteiger partial charge in [0.25, 0.3) is 0 Å². The Balaban J connectivity index is 2.37. The Morgan fingerprint density at radius 1 is 0.941 bits per heavy atom. The van der Waals surface area contributed by atoms with Gasteiger partial charge in [0, 0.05) is 5.41 Å².